The van der Waals surface area contributed by atoms with Crippen molar-refractivity contribution in [2.75, 3.05) is 29.6 Å². The van der Waals surface area contributed by atoms with E-state index < -0.39 is 9.84 Å². The van der Waals surface area contributed by atoms with Crippen LogP contribution in [0.15, 0.2) is 34.4 Å². The van der Waals surface area contributed by atoms with E-state index in [1.54, 1.807) is 24.3 Å². The fraction of sp³-hybridized carbons (Fsp3) is 0.312. The normalized spacial score (nSPS) is 13.5. The Labute approximate surface area is 140 Å². The maximum absolute atomic E-state index is 12.0. The van der Waals surface area contributed by atoms with Gasteiger partial charge in [-0.25, -0.2) is 8.42 Å². The van der Waals surface area contributed by atoms with Crippen molar-refractivity contribution in [2.24, 2.45) is 0 Å². The van der Waals surface area contributed by atoms with Crippen LogP contribution in [-0.2, 0) is 9.84 Å². The summed E-state index contributed by atoms with van der Waals surface area (Å²) in [4.78, 5) is 2.20. The van der Waals surface area contributed by atoms with Gasteiger partial charge in [-0.1, -0.05) is 0 Å². The molecule has 1 heterocycles. The SMILES string of the molecule is CS(=O)(=O)c1ccc(NC(C#N)=C(C#N)C#N)cc1N1CCCC1. The number of sulfone groups is 1. The highest BCUT2D eigenvalue weighted by Crippen LogP contribution is 2.31. The Kier molecular flexibility index (Phi) is 5.08. The number of hydrogen-bond donors (Lipinski definition) is 1. The van der Waals surface area contributed by atoms with E-state index in [-0.39, 0.29) is 16.2 Å². The average molecular weight is 341 g/mol. The van der Waals surface area contributed by atoms with E-state index in [4.69, 9.17) is 15.8 Å². The van der Waals surface area contributed by atoms with Gasteiger partial charge in [0.25, 0.3) is 0 Å². The third-order valence-electron chi connectivity index (χ3n) is 3.66. The summed E-state index contributed by atoms with van der Waals surface area (Å²) in [5, 5.41) is 29.6. The topological polar surface area (TPSA) is 121 Å². The van der Waals surface area contributed by atoms with E-state index in [0.29, 0.717) is 11.4 Å². The number of nitriles is 3. The van der Waals surface area contributed by atoms with Gasteiger partial charge in [0.15, 0.2) is 15.4 Å². The van der Waals surface area contributed by atoms with Crippen molar-refractivity contribution in [1.82, 2.24) is 0 Å². The molecule has 0 bridgehead atoms. The van der Waals surface area contributed by atoms with Gasteiger partial charge in [0.2, 0.25) is 0 Å². The molecule has 1 aromatic carbocycles. The van der Waals surface area contributed by atoms with Crippen LogP contribution in [0.4, 0.5) is 11.4 Å². The molecule has 0 spiro atoms. The summed E-state index contributed by atoms with van der Waals surface area (Å²) in [6.45, 7) is 1.52. The first-order valence-electron chi connectivity index (χ1n) is 7.21. The predicted molar refractivity (Wildman–Crippen MR) is 88.5 cm³/mol. The van der Waals surface area contributed by atoms with Gasteiger partial charge < -0.3 is 10.2 Å². The van der Waals surface area contributed by atoms with Gasteiger partial charge in [0.05, 0.1) is 10.6 Å². The molecule has 2 rings (SSSR count). The summed E-state index contributed by atoms with van der Waals surface area (Å²) in [5.41, 5.74) is 0.517. The molecule has 24 heavy (non-hydrogen) atoms. The highest BCUT2D eigenvalue weighted by atomic mass is 32.2. The first-order chi connectivity index (χ1) is 11.4. The van der Waals surface area contributed by atoms with E-state index in [1.165, 1.54) is 12.1 Å². The lowest BCUT2D eigenvalue weighted by atomic mass is 10.2. The molecule has 0 amide bonds. The fourth-order valence-electron chi connectivity index (χ4n) is 2.54. The number of hydrogen-bond acceptors (Lipinski definition) is 7. The molecule has 0 unspecified atom stereocenters. The van der Waals surface area contributed by atoms with Gasteiger partial charge in [-0.15, -0.1) is 0 Å². The van der Waals surface area contributed by atoms with Crippen LogP contribution in [0.5, 0.6) is 0 Å². The first-order valence-corrected chi connectivity index (χ1v) is 9.10. The van der Waals surface area contributed by atoms with E-state index in [1.807, 2.05) is 4.90 Å². The molecule has 122 valence electrons. The van der Waals surface area contributed by atoms with Crippen molar-refractivity contribution >= 4 is 21.2 Å². The first kappa shape index (κ1) is 17.3. The summed E-state index contributed by atoms with van der Waals surface area (Å²) in [6.07, 6.45) is 3.12. The molecule has 1 aromatic rings. The Morgan fingerprint density at radius 2 is 1.75 bits per heavy atom. The molecule has 0 aromatic heterocycles. The number of rotatable bonds is 4. The van der Waals surface area contributed by atoms with Crippen molar-refractivity contribution in [2.45, 2.75) is 17.7 Å². The Morgan fingerprint density at radius 3 is 2.25 bits per heavy atom. The minimum Gasteiger partial charge on any atom is -0.370 e. The largest absolute Gasteiger partial charge is 0.370 e. The zero-order valence-corrected chi connectivity index (χ0v) is 13.9. The zero-order chi connectivity index (χ0) is 17.7. The lowest BCUT2D eigenvalue weighted by molar-refractivity contribution is 0.601. The summed E-state index contributed by atoms with van der Waals surface area (Å²) in [5.74, 6) is 0. The molecule has 0 atom stereocenters. The molecule has 8 heteroatoms. The Hall–Kier alpha value is -3.02. The molecular formula is C16H15N5O2S. The summed E-state index contributed by atoms with van der Waals surface area (Å²) >= 11 is 0. The molecule has 0 saturated carbocycles. The predicted octanol–water partition coefficient (Wildman–Crippen LogP) is 1.93. The van der Waals surface area contributed by atoms with Gasteiger partial charge in [-0.2, -0.15) is 15.8 Å². The smallest absolute Gasteiger partial charge is 0.177 e. The second-order valence-electron chi connectivity index (χ2n) is 5.36. The van der Waals surface area contributed by atoms with Gasteiger partial charge >= 0.3 is 0 Å². The molecule has 1 saturated heterocycles. The highest BCUT2D eigenvalue weighted by molar-refractivity contribution is 7.90. The third kappa shape index (κ3) is 3.65. The van der Waals surface area contributed by atoms with Crippen LogP contribution in [0.25, 0.3) is 0 Å². The molecule has 1 fully saturated rings. The monoisotopic (exact) mass is 341 g/mol. The van der Waals surface area contributed by atoms with Crippen LogP contribution in [0, 0.1) is 34.0 Å². The minimum atomic E-state index is -3.40. The standard InChI is InChI=1S/C16H15N5O2S/c1-24(22,23)16-5-4-13(8-15(16)21-6-2-3-7-21)20-14(11-19)12(9-17)10-18/h4-5,8,20H,2-3,6-7H2,1H3. The van der Waals surface area contributed by atoms with Crippen LogP contribution in [0.3, 0.4) is 0 Å². The van der Waals surface area contributed by atoms with Crippen molar-refractivity contribution in [1.29, 1.82) is 15.8 Å². The second-order valence-corrected chi connectivity index (χ2v) is 7.34. The number of nitrogens with one attached hydrogen (secondary N) is 1. The molecule has 1 aliphatic rings. The number of allylic oxidation sites excluding steroid dienone is 2. The zero-order valence-electron chi connectivity index (χ0n) is 13.1. The molecular weight excluding hydrogens is 326 g/mol. The van der Waals surface area contributed by atoms with Crippen molar-refractivity contribution in [3.8, 4) is 18.2 Å². The van der Waals surface area contributed by atoms with Crippen LogP contribution in [-0.4, -0.2) is 27.8 Å². The quantitative estimate of drug-likeness (QED) is 0.830. The van der Waals surface area contributed by atoms with E-state index in [0.717, 1.165) is 32.2 Å². The van der Waals surface area contributed by atoms with Gasteiger partial charge in [-0.3, -0.25) is 0 Å². The van der Waals surface area contributed by atoms with Crippen LogP contribution in [0.2, 0.25) is 0 Å². The summed E-state index contributed by atoms with van der Waals surface area (Å²) < 4.78 is 24.0. The molecule has 1 N–H and O–H groups in total. The Balaban J connectivity index is 2.50. The van der Waals surface area contributed by atoms with E-state index in [2.05, 4.69) is 5.32 Å². The number of benzene rings is 1. The lowest BCUT2D eigenvalue weighted by Crippen LogP contribution is -2.20. The average Bonchev–Trinajstić information content (AvgIpc) is 3.08. The number of anilines is 2. The molecule has 1 aliphatic heterocycles. The molecule has 0 aliphatic carbocycles. The van der Waals surface area contributed by atoms with Gasteiger partial charge in [0, 0.05) is 25.0 Å². The van der Waals surface area contributed by atoms with E-state index in [9.17, 15) is 8.42 Å². The van der Waals surface area contributed by atoms with Gasteiger partial charge in [0.1, 0.15) is 23.9 Å². The van der Waals surface area contributed by atoms with Crippen molar-refractivity contribution < 1.29 is 8.42 Å². The second kappa shape index (κ2) is 7.04. The van der Waals surface area contributed by atoms with E-state index >= 15 is 0 Å². The lowest BCUT2D eigenvalue weighted by Gasteiger charge is -2.21. The van der Waals surface area contributed by atoms with Crippen molar-refractivity contribution in [3.05, 3.63) is 29.5 Å². The van der Waals surface area contributed by atoms with Crippen molar-refractivity contribution in [3.63, 3.8) is 0 Å². The maximum Gasteiger partial charge on any atom is 0.177 e. The number of nitrogens with zero attached hydrogens (tertiary/aromatic N) is 4. The minimum absolute atomic E-state index is 0.167. The highest BCUT2D eigenvalue weighted by Gasteiger charge is 2.21. The fourth-order valence-corrected chi connectivity index (χ4v) is 3.42. The van der Waals surface area contributed by atoms with Gasteiger partial charge in [-0.05, 0) is 31.0 Å². The Bertz CT molecular complexity index is 891. The summed E-state index contributed by atoms with van der Waals surface area (Å²) in [7, 11) is -3.40. The summed E-state index contributed by atoms with van der Waals surface area (Å²) in [6, 6.07) is 9.70. The maximum atomic E-state index is 12.0. The third-order valence-corrected chi connectivity index (χ3v) is 4.80. The van der Waals surface area contributed by atoms with Crippen LogP contribution < -0.4 is 10.2 Å². The van der Waals surface area contributed by atoms with Crippen LogP contribution in [0.1, 0.15) is 12.8 Å². The molecule has 7 nitrogen and oxygen atoms in total. The van der Waals surface area contributed by atoms with Crippen LogP contribution >= 0.6 is 0 Å². The Morgan fingerprint density at radius 1 is 1.12 bits per heavy atom. The molecule has 0 radical (unpaired) electrons.